The number of rotatable bonds is 7. The van der Waals surface area contributed by atoms with E-state index in [0.717, 1.165) is 31.4 Å². The van der Waals surface area contributed by atoms with Crippen LogP contribution in [0.25, 0.3) is 0 Å². The van der Waals surface area contributed by atoms with Crippen molar-refractivity contribution in [2.24, 2.45) is 10.9 Å². The quantitative estimate of drug-likeness (QED) is 0.598. The Morgan fingerprint density at radius 2 is 1.81 bits per heavy atom. The van der Waals surface area contributed by atoms with Crippen LogP contribution in [0.15, 0.2) is 29.3 Å². The zero-order valence-electron chi connectivity index (χ0n) is 13.9. The normalized spacial score (nSPS) is 13.1. The van der Waals surface area contributed by atoms with Crippen molar-refractivity contribution in [1.82, 2.24) is 10.6 Å². The van der Waals surface area contributed by atoms with Gasteiger partial charge in [-0.2, -0.15) is 0 Å². The Hall–Kier alpha value is -1.71. The predicted molar refractivity (Wildman–Crippen MR) is 90.0 cm³/mol. The molecule has 1 rings (SSSR count). The van der Waals surface area contributed by atoms with Gasteiger partial charge in [0.2, 0.25) is 0 Å². The summed E-state index contributed by atoms with van der Waals surface area (Å²) >= 11 is 0. The first-order valence-electron chi connectivity index (χ1n) is 7.84. The zero-order chi connectivity index (χ0) is 15.7. The van der Waals surface area contributed by atoms with Crippen LogP contribution in [0.2, 0.25) is 0 Å². The van der Waals surface area contributed by atoms with E-state index in [1.165, 1.54) is 5.56 Å². The maximum atomic E-state index is 5.70. The summed E-state index contributed by atoms with van der Waals surface area (Å²) in [7, 11) is 0. The van der Waals surface area contributed by atoms with Gasteiger partial charge < -0.3 is 15.4 Å². The summed E-state index contributed by atoms with van der Waals surface area (Å²) in [5.41, 5.74) is 1.22. The highest BCUT2D eigenvalue weighted by atomic mass is 16.5. The molecular formula is C17H29N3O. The first kappa shape index (κ1) is 17.3. The van der Waals surface area contributed by atoms with E-state index in [4.69, 9.17) is 4.74 Å². The third-order valence-corrected chi connectivity index (χ3v) is 2.98. The fourth-order valence-electron chi connectivity index (χ4n) is 1.88. The van der Waals surface area contributed by atoms with Gasteiger partial charge in [-0.05, 0) is 44.4 Å². The summed E-state index contributed by atoms with van der Waals surface area (Å²) in [6, 6.07) is 8.46. The Labute approximate surface area is 129 Å². The highest BCUT2D eigenvalue weighted by Gasteiger charge is 2.07. The Bertz CT molecular complexity index is 426. The molecule has 0 aliphatic heterocycles. The molecular weight excluding hydrogens is 262 g/mol. The monoisotopic (exact) mass is 291 g/mol. The Balaban J connectivity index is 2.61. The second kappa shape index (κ2) is 9.27. The number of aliphatic imine (C=N–C) groups is 1. The van der Waals surface area contributed by atoms with E-state index in [0.29, 0.717) is 5.92 Å². The maximum Gasteiger partial charge on any atom is 0.191 e. The molecule has 0 aliphatic carbocycles. The van der Waals surface area contributed by atoms with Crippen LogP contribution in [0.1, 0.15) is 46.2 Å². The van der Waals surface area contributed by atoms with Crippen molar-refractivity contribution in [3.8, 4) is 5.75 Å². The van der Waals surface area contributed by atoms with E-state index in [9.17, 15) is 0 Å². The van der Waals surface area contributed by atoms with Crippen molar-refractivity contribution >= 4 is 5.96 Å². The van der Waals surface area contributed by atoms with Gasteiger partial charge in [0.15, 0.2) is 5.96 Å². The lowest BCUT2D eigenvalue weighted by Gasteiger charge is -2.18. The van der Waals surface area contributed by atoms with Gasteiger partial charge in [0.25, 0.3) is 0 Å². The average Bonchev–Trinajstić information content (AvgIpc) is 2.46. The van der Waals surface area contributed by atoms with Crippen LogP contribution in [0.4, 0.5) is 0 Å². The van der Waals surface area contributed by atoms with Gasteiger partial charge in [-0.25, -0.2) is 0 Å². The molecule has 0 amide bonds. The Morgan fingerprint density at radius 3 is 2.33 bits per heavy atom. The number of guanidine groups is 1. The van der Waals surface area contributed by atoms with Gasteiger partial charge in [-0.3, -0.25) is 4.99 Å². The molecule has 0 aliphatic rings. The van der Waals surface area contributed by atoms with Crippen molar-refractivity contribution in [3.63, 3.8) is 0 Å². The molecule has 0 saturated carbocycles. The van der Waals surface area contributed by atoms with Crippen molar-refractivity contribution < 1.29 is 4.74 Å². The molecule has 1 unspecified atom stereocenters. The fraction of sp³-hybridized carbons (Fsp3) is 0.588. The SMILES string of the molecule is CCN=C(NCC)NC(C)c1ccc(OCC(C)C)cc1. The summed E-state index contributed by atoms with van der Waals surface area (Å²) in [4.78, 5) is 4.42. The van der Waals surface area contributed by atoms with Crippen molar-refractivity contribution in [1.29, 1.82) is 0 Å². The van der Waals surface area contributed by atoms with Crippen molar-refractivity contribution in [2.45, 2.75) is 40.7 Å². The molecule has 0 heterocycles. The first-order valence-corrected chi connectivity index (χ1v) is 7.84. The van der Waals surface area contributed by atoms with E-state index >= 15 is 0 Å². The highest BCUT2D eigenvalue weighted by molar-refractivity contribution is 5.80. The van der Waals surface area contributed by atoms with Crippen molar-refractivity contribution in [3.05, 3.63) is 29.8 Å². The molecule has 0 radical (unpaired) electrons. The standard InChI is InChI=1S/C17H29N3O/c1-6-18-17(19-7-2)20-14(5)15-8-10-16(11-9-15)21-12-13(3)4/h8-11,13-14H,6-7,12H2,1-5H3,(H2,18,19,20). The number of hydrogen-bond donors (Lipinski definition) is 2. The summed E-state index contributed by atoms with van der Waals surface area (Å²) in [5, 5.41) is 6.65. The van der Waals surface area contributed by atoms with Crippen LogP contribution in [0.3, 0.4) is 0 Å². The minimum atomic E-state index is 0.202. The third-order valence-electron chi connectivity index (χ3n) is 2.98. The van der Waals surface area contributed by atoms with Gasteiger partial charge in [-0.15, -0.1) is 0 Å². The van der Waals surface area contributed by atoms with Gasteiger partial charge in [0.05, 0.1) is 12.6 Å². The zero-order valence-corrected chi connectivity index (χ0v) is 13.9. The lowest BCUT2D eigenvalue weighted by atomic mass is 10.1. The molecule has 2 N–H and O–H groups in total. The van der Waals surface area contributed by atoms with E-state index in [1.807, 2.05) is 19.1 Å². The molecule has 0 bridgehead atoms. The maximum absolute atomic E-state index is 5.70. The van der Waals surface area contributed by atoms with E-state index in [1.54, 1.807) is 0 Å². The molecule has 21 heavy (non-hydrogen) atoms. The summed E-state index contributed by atoms with van der Waals surface area (Å²) in [6.45, 7) is 12.9. The van der Waals surface area contributed by atoms with Gasteiger partial charge >= 0.3 is 0 Å². The molecule has 0 aromatic heterocycles. The highest BCUT2D eigenvalue weighted by Crippen LogP contribution is 2.18. The van der Waals surface area contributed by atoms with Crippen molar-refractivity contribution in [2.75, 3.05) is 19.7 Å². The fourth-order valence-corrected chi connectivity index (χ4v) is 1.88. The molecule has 1 aromatic rings. The van der Waals surface area contributed by atoms with Gasteiger partial charge in [-0.1, -0.05) is 26.0 Å². The van der Waals surface area contributed by atoms with Crippen LogP contribution in [-0.4, -0.2) is 25.7 Å². The first-order chi connectivity index (χ1) is 10.1. The number of benzene rings is 1. The number of nitrogens with one attached hydrogen (secondary N) is 2. The summed E-state index contributed by atoms with van der Waals surface area (Å²) in [5.74, 6) is 2.32. The van der Waals surface area contributed by atoms with Crippen LogP contribution in [-0.2, 0) is 0 Å². The molecule has 0 saturated heterocycles. The molecule has 1 aromatic carbocycles. The lowest BCUT2D eigenvalue weighted by Crippen LogP contribution is -2.38. The van der Waals surface area contributed by atoms with E-state index in [-0.39, 0.29) is 6.04 Å². The smallest absolute Gasteiger partial charge is 0.191 e. The van der Waals surface area contributed by atoms with E-state index in [2.05, 4.69) is 55.5 Å². The Morgan fingerprint density at radius 1 is 1.14 bits per heavy atom. The molecule has 4 nitrogen and oxygen atoms in total. The average molecular weight is 291 g/mol. The topological polar surface area (TPSA) is 45.7 Å². The predicted octanol–water partition coefficient (Wildman–Crippen LogP) is 3.36. The summed E-state index contributed by atoms with van der Waals surface area (Å²) < 4.78 is 5.70. The van der Waals surface area contributed by atoms with Crippen LogP contribution >= 0.6 is 0 Å². The molecule has 4 heteroatoms. The molecule has 0 spiro atoms. The molecule has 0 fully saturated rings. The minimum absolute atomic E-state index is 0.202. The lowest BCUT2D eigenvalue weighted by molar-refractivity contribution is 0.271. The summed E-state index contributed by atoms with van der Waals surface area (Å²) in [6.07, 6.45) is 0. The number of ether oxygens (including phenoxy) is 1. The third kappa shape index (κ3) is 6.52. The van der Waals surface area contributed by atoms with E-state index < -0.39 is 0 Å². The molecule has 118 valence electrons. The number of nitrogens with zero attached hydrogens (tertiary/aromatic N) is 1. The second-order valence-electron chi connectivity index (χ2n) is 5.49. The van der Waals surface area contributed by atoms with Crippen LogP contribution in [0, 0.1) is 5.92 Å². The minimum Gasteiger partial charge on any atom is -0.493 e. The second-order valence-corrected chi connectivity index (χ2v) is 5.49. The largest absolute Gasteiger partial charge is 0.493 e. The number of hydrogen-bond acceptors (Lipinski definition) is 2. The van der Waals surface area contributed by atoms with Gasteiger partial charge in [0.1, 0.15) is 5.75 Å². The molecule has 1 atom stereocenters. The van der Waals surface area contributed by atoms with Crippen LogP contribution < -0.4 is 15.4 Å². The van der Waals surface area contributed by atoms with Crippen LogP contribution in [0.5, 0.6) is 5.75 Å². The Kier molecular flexibility index (Phi) is 7.65. The van der Waals surface area contributed by atoms with Gasteiger partial charge in [0, 0.05) is 13.1 Å².